The first-order valence-corrected chi connectivity index (χ1v) is 12.0. The van der Waals surface area contributed by atoms with Crippen LogP contribution in [0.1, 0.15) is 22.6 Å². The molecule has 0 spiro atoms. The Morgan fingerprint density at radius 2 is 1.92 bits per heavy atom. The zero-order chi connectivity index (χ0) is 27.4. The molecule has 0 aliphatic rings. The van der Waals surface area contributed by atoms with E-state index in [0.29, 0.717) is 52.6 Å². The molecule has 39 heavy (non-hydrogen) atoms. The maximum atomic E-state index is 13.6. The minimum absolute atomic E-state index is 0.158. The molecule has 0 amide bonds. The molecule has 0 unspecified atom stereocenters. The summed E-state index contributed by atoms with van der Waals surface area (Å²) in [6.45, 7) is 0.302. The molecule has 0 bridgehead atoms. The molecule has 5 rings (SSSR count). The molecule has 0 fully saturated rings. The number of anilines is 2. The van der Waals surface area contributed by atoms with Gasteiger partial charge >= 0.3 is 0 Å². The second-order valence-electron chi connectivity index (χ2n) is 8.24. The number of nitrogen functional groups attached to an aromatic ring is 1. The van der Waals surface area contributed by atoms with Gasteiger partial charge in [-0.15, -0.1) is 0 Å². The van der Waals surface area contributed by atoms with E-state index >= 15 is 0 Å². The number of aromatic nitrogens is 5. The fourth-order valence-electron chi connectivity index (χ4n) is 3.91. The van der Waals surface area contributed by atoms with Crippen LogP contribution in [0.15, 0.2) is 71.9 Å². The standard InChI is InChI=1S/C28H18ClFN8O/c29-22-5-2-6-23-25(22)28(39)38(20-4-1-3-17(13-20)14-31)24(37-23)11-12-33-27-21(26(32)35-16-36-27)10-9-19-8-7-18(30)15-34-19/h1-8,13,15-16H,11-12H2,(H3,32,33,35,36). The molecule has 0 aliphatic heterocycles. The van der Waals surface area contributed by atoms with Crippen molar-refractivity contribution in [2.75, 3.05) is 17.6 Å². The van der Waals surface area contributed by atoms with Crippen LogP contribution in [0.3, 0.4) is 0 Å². The number of nitrogens with two attached hydrogens (primary N) is 1. The number of nitrogens with zero attached hydrogens (tertiary/aromatic N) is 6. The Labute approximate surface area is 226 Å². The summed E-state index contributed by atoms with van der Waals surface area (Å²) in [5, 5.41) is 13.1. The number of pyridine rings is 1. The van der Waals surface area contributed by atoms with Crippen LogP contribution in [-0.2, 0) is 6.42 Å². The molecule has 190 valence electrons. The van der Waals surface area contributed by atoms with E-state index in [1.807, 2.05) is 0 Å². The fraction of sp³-hybridized carbons (Fsp3) is 0.0714. The third-order valence-corrected chi connectivity index (χ3v) is 6.03. The molecular weight excluding hydrogens is 519 g/mol. The summed E-state index contributed by atoms with van der Waals surface area (Å²) in [5.74, 6) is 6.24. The third kappa shape index (κ3) is 5.37. The van der Waals surface area contributed by atoms with E-state index in [0.717, 1.165) is 6.20 Å². The van der Waals surface area contributed by atoms with Gasteiger partial charge in [0.15, 0.2) is 0 Å². The highest BCUT2D eigenvalue weighted by Gasteiger charge is 2.16. The number of nitriles is 1. The zero-order valence-corrected chi connectivity index (χ0v) is 20.9. The molecule has 3 heterocycles. The molecule has 3 N–H and O–H groups in total. The molecule has 0 aliphatic carbocycles. The van der Waals surface area contributed by atoms with Gasteiger partial charge in [0.25, 0.3) is 5.56 Å². The predicted molar refractivity (Wildman–Crippen MR) is 146 cm³/mol. The lowest BCUT2D eigenvalue weighted by molar-refractivity contribution is 0.621. The average molecular weight is 537 g/mol. The number of hydrogen-bond donors (Lipinski definition) is 2. The van der Waals surface area contributed by atoms with Gasteiger partial charge in [-0.2, -0.15) is 5.26 Å². The van der Waals surface area contributed by atoms with Gasteiger partial charge in [-0.3, -0.25) is 9.36 Å². The highest BCUT2D eigenvalue weighted by molar-refractivity contribution is 6.35. The second kappa shape index (κ2) is 11.0. The monoisotopic (exact) mass is 536 g/mol. The molecule has 0 saturated heterocycles. The van der Waals surface area contributed by atoms with E-state index in [-0.39, 0.29) is 21.8 Å². The molecule has 0 radical (unpaired) electrons. The number of halogens is 2. The van der Waals surface area contributed by atoms with Crippen LogP contribution in [0.25, 0.3) is 16.6 Å². The van der Waals surface area contributed by atoms with Crippen LogP contribution >= 0.6 is 11.6 Å². The summed E-state index contributed by atoms with van der Waals surface area (Å²) in [7, 11) is 0. The van der Waals surface area contributed by atoms with Gasteiger partial charge < -0.3 is 11.1 Å². The largest absolute Gasteiger partial charge is 0.382 e. The lowest BCUT2D eigenvalue weighted by atomic mass is 10.2. The first-order valence-electron chi connectivity index (χ1n) is 11.6. The van der Waals surface area contributed by atoms with Gasteiger partial charge in [0.05, 0.1) is 39.4 Å². The Hall–Kier alpha value is -5.32. The minimum atomic E-state index is -0.465. The highest BCUT2D eigenvalue weighted by Crippen LogP contribution is 2.21. The Kier molecular flexibility index (Phi) is 7.13. The first kappa shape index (κ1) is 25.3. The quantitative estimate of drug-likeness (QED) is 0.323. The van der Waals surface area contributed by atoms with E-state index < -0.39 is 5.82 Å². The Balaban J connectivity index is 1.49. The predicted octanol–water partition coefficient (Wildman–Crippen LogP) is 3.87. The van der Waals surface area contributed by atoms with Crippen molar-refractivity contribution in [3.8, 4) is 23.6 Å². The van der Waals surface area contributed by atoms with Gasteiger partial charge in [-0.1, -0.05) is 29.7 Å². The van der Waals surface area contributed by atoms with E-state index in [1.54, 1.807) is 42.5 Å². The smallest absolute Gasteiger partial charge is 0.267 e. The zero-order valence-electron chi connectivity index (χ0n) is 20.2. The molecule has 3 aromatic heterocycles. The topological polar surface area (TPSA) is 135 Å². The number of nitrogens with one attached hydrogen (secondary N) is 1. The third-order valence-electron chi connectivity index (χ3n) is 5.71. The second-order valence-corrected chi connectivity index (χ2v) is 8.64. The first-order chi connectivity index (χ1) is 18.9. The lowest BCUT2D eigenvalue weighted by Crippen LogP contribution is -2.26. The molecule has 0 saturated carbocycles. The minimum Gasteiger partial charge on any atom is -0.382 e. The van der Waals surface area contributed by atoms with Crippen LogP contribution in [0.4, 0.5) is 16.0 Å². The molecule has 0 atom stereocenters. The molecule has 2 aromatic carbocycles. The number of fused-ring (bicyclic) bond motifs is 1. The Morgan fingerprint density at radius 1 is 1.08 bits per heavy atom. The van der Waals surface area contributed by atoms with Crippen molar-refractivity contribution in [3.05, 3.63) is 111 Å². The van der Waals surface area contributed by atoms with Gasteiger partial charge in [-0.25, -0.2) is 24.3 Å². The average Bonchev–Trinajstić information content (AvgIpc) is 2.93. The highest BCUT2D eigenvalue weighted by atomic mass is 35.5. The van der Waals surface area contributed by atoms with Crippen LogP contribution in [0, 0.1) is 29.0 Å². The van der Waals surface area contributed by atoms with Crippen LogP contribution in [0.5, 0.6) is 0 Å². The van der Waals surface area contributed by atoms with Gasteiger partial charge in [0.1, 0.15) is 40.9 Å². The van der Waals surface area contributed by atoms with Crippen molar-refractivity contribution < 1.29 is 4.39 Å². The van der Waals surface area contributed by atoms with Gasteiger partial charge in [-0.05, 0) is 48.4 Å². The summed E-state index contributed by atoms with van der Waals surface area (Å²) >= 11 is 6.35. The SMILES string of the molecule is N#Cc1cccc(-n2c(CCNc3ncnc(N)c3C#Cc3ccc(F)cn3)nc3cccc(Cl)c3c2=O)c1. The van der Waals surface area contributed by atoms with Crippen molar-refractivity contribution >= 4 is 34.1 Å². The van der Waals surface area contributed by atoms with Gasteiger partial charge in [0, 0.05) is 13.0 Å². The fourth-order valence-corrected chi connectivity index (χ4v) is 4.16. The van der Waals surface area contributed by atoms with Crippen LogP contribution in [-0.4, -0.2) is 31.0 Å². The van der Waals surface area contributed by atoms with Crippen molar-refractivity contribution in [2.45, 2.75) is 6.42 Å². The Bertz CT molecular complexity index is 1870. The van der Waals surface area contributed by atoms with Crippen molar-refractivity contribution in [2.24, 2.45) is 0 Å². The number of hydrogen-bond acceptors (Lipinski definition) is 8. The van der Waals surface area contributed by atoms with E-state index in [4.69, 9.17) is 22.3 Å². The molecule has 9 nitrogen and oxygen atoms in total. The summed E-state index contributed by atoms with van der Waals surface area (Å²) in [6.07, 6.45) is 2.67. The summed E-state index contributed by atoms with van der Waals surface area (Å²) in [6, 6.07) is 16.6. The maximum Gasteiger partial charge on any atom is 0.267 e. The number of benzene rings is 2. The summed E-state index contributed by atoms with van der Waals surface area (Å²) < 4.78 is 14.6. The normalized spacial score (nSPS) is 10.5. The summed E-state index contributed by atoms with van der Waals surface area (Å²) in [4.78, 5) is 30.5. The van der Waals surface area contributed by atoms with Crippen molar-refractivity contribution in [1.82, 2.24) is 24.5 Å². The van der Waals surface area contributed by atoms with Crippen LogP contribution in [0.2, 0.25) is 5.02 Å². The maximum absolute atomic E-state index is 13.6. The van der Waals surface area contributed by atoms with Crippen LogP contribution < -0.4 is 16.6 Å². The lowest BCUT2D eigenvalue weighted by Gasteiger charge is -2.15. The Morgan fingerprint density at radius 3 is 2.72 bits per heavy atom. The molecule has 11 heteroatoms. The van der Waals surface area contributed by atoms with E-state index in [2.05, 4.69) is 38.2 Å². The van der Waals surface area contributed by atoms with Crippen molar-refractivity contribution in [1.29, 1.82) is 5.26 Å². The van der Waals surface area contributed by atoms with E-state index in [1.165, 1.54) is 23.0 Å². The summed E-state index contributed by atoms with van der Waals surface area (Å²) in [5.41, 5.74) is 7.75. The van der Waals surface area contributed by atoms with Crippen molar-refractivity contribution in [3.63, 3.8) is 0 Å². The molecular formula is C28H18ClFN8O. The molecule has 5 aromatic rings. The number of rotatable bonds is 5. The van der Waals surface area contributed by atoms with E-state index in [9.17, 15) is 14.4 Å². The van der Waals surface area contributed by atoms with Gasteiger partial charge in [0.2, 0.25) is 0 Å².